The van der Waals surface area contributed by atoms with E-state index in [-0.39, 0.29) is 24.9 Å². The van der Waals surface area contributed by atoms with Crippen molar-refractivity contribution in [2.75, 3.05) is 6.61 Å². The van der Waals surface area contributed by atoms with Gasteiger partial charge < -0.3 is 20.3 Å². The van der Waals surface area contributed by atoms with Gasteiger partial charge >= 0.3 is 5.97 Å². The summed E-state index contributed by atoms with van der Waals surface area (Å²) in [5.74, 6) is -0.486. The van der Waals surface area contributed by atoms with Crippen LogP contribution in [-0.2, 0) is 14.3 Å². The number of unbranched alkanes of at least 4 members (excludes halogenated alkanes) is 35. The maximum atomic E-state index is 13.3. The Morgan fingerprint density at radius 1 is 0.439 bits per heavy atom. The summed E-state index contributed by atoms with van der Waals surface area (Å²) < 4.78 is 5.96. The Morgan fingerprint density at radius 2 is 0.773 bits per heavy atom. The molecule has 0 rings (SSSR count). The summed E-state index contributed by atoms with van der Waals surface area (Å²) in [5.41, 5.74) is 0. The molecule has 0 aromatic rings. The van der Waals surface area contributed by atoms with Gasteiger partial charge in [0.15, 0.2) is 0 Å². The summed E-state index contributed by atoms with van der Waals surface area (Å²) >= 11 is 0. The number of hydrogen-bond acceptors (Lipinski definition) is 5. The van der Waals surface area contributed by atoms with Gasteiger partial charge in [0, 0.05) is 6.42 Å². The van der Waals surface area contributed by atoms with Gasteiger partial charge in [0.1, 0.15) is 6.10 Å². The number of nitrogens with one attached hydrogen (secondary N) is 1. The maximum Gasteiger partial charge on any atom is 0.306 e. The molecule has 0 spiro atoms. The SMILES string of the molecule is CCCCC/C=C/C=C/C=C/C=C/CCCCCCCC(=O)OC(CCCCCCCCCCCCCCCCCCC)CC(=O)NC(CO)C(O)CCCCCCCCCCCCCC. The van der Waals surface area contributed by atoms with Crippen LogP contribution in [0.25, 0.3) is 0 Å². The lowest BCUT2D eigenvalue weighted by Crippen LogP contribution is -2.46. The van der Waals surface area contributed by atoms with Crippen LogP contribution in [-0.4, -0.2) is 46.9 Å². The second-order valence-electron chi connectivity index (χ2n) is 19.8. The molecule has 0 aromatic heterocycles. The summed E-state index contributed by atoms with van der Waals surface area (Å²) in [6.45, 7) is 6.47. The van der Waals surface area contributed by atoms with Gasteiger partial charge in [-0.15, -0.1) is 0 Å². The molecule has 0 saturated carbocycles. The van der Waals surface area contributed by atoms with Gasteiger partial charge in [0.25, 0.3) is 0 Å². The Balaban J connectivity index is 4.59. The molecule has 0 heterocycles. The highest BCUT2D eigenvalue weighted by molar-refractivity contribution is 5.77. The molecular formula is C60H111NO5. The van der Waals surface area contributed by atoms with Crippen molar-refractivity contribution >= 4 is 11.9 Å². The number of aliphatic hydroxyl groups is 2. The fourth-order valence-corrected chi connectivity index (χ4v) is 8.86. The molecule has 0 saturated heterocycles. The van der Waals surface area contributed by atoms with Crippen LogP contribution in [0.3, 0.4) is 0 Å². The van der Waals surface area contributed by atoms with E-state index in [2.05, 4.69) is 74.7 Å². The smallest absolute Gasteiger partial charge is 0.306 e. The molecule has 6 nitrogen and oxygen atoms in total. The van der Waals surface area contributed by atoms with Crippen LogP contribution in [0, 0.1) is 0 Å². The van der Waals surface area contributed by atoms with Crippen molar-refractivity contribution in [2.45, 2.75) is 315 Å². The summed E-state index contributed by atoms with van der Waals surface area (Å²) in [7, 11) is 0. The first-order valence-electron chi connectivity index (χ1n) is 28.9. The van der Waals surface area contributed by atoms with E-state index in [1.54, 1.807) is 0 Å². The fraction of sp³-hybridized carbons (Fsp3) is 0.833. The topological polar surface area (TPSA) is 95.9 Å². The number of rotatable bonds is 52. The normalized spacial score (nSPS) is 13.5. The minimum atomic E-state index is -0.791. The fourth-order valence-electron chi connectivity index (χ4n) is 8.86. The van der Waals surface area contributed by atoms with Crippen LogP contribution in [0.1, 0.15) is 297 Å². The van der Waals surface area contributed by atoms with E-state index < -0.39 is 18.2 Å². The molecule has 0 aliphatic carbocycles. The van der Waals surface area contributed by atoms with Gasteiger partial charge in [-0.3, -0.25) is 9.59 Å². The first kappa shape index (κ1) is 63.8. The first-order chi connectivity index (χ1) is 32.5. The zero-order chi connectivity index (χ0) is 48.1. The van der Waals surface area contributed by atoms with Gasteiger partial charge in [-0.25, -0.2) is 0 Å². The van der Waals surface area contributed by atoms with Crippen LogP contribution < -0.4 is 5.32 Å². The van der Waals surface area contributed by atoms with Crippen LogP contribution in [0.4, 0.5) is 0 Å². The molecule has 0 aliphatic heterocycles. The zero-order valence-electron chi connectivity index (χ0n) is 44.1. The van der Waals surface area contributed by atoms with E-state index in [0.29, 0.717) is 19.3 Å². The Labute approximate surface area is 410 Å². The minimum absolute atomic E-state index is 0.0710. The summed E-state index contributed by atoms with van der Waals surface area (Å²) in [4.78, 5) is 26.3. The lowest BCUT2D eigenvalue weighted by atomic mass is 10.0. The van der Waals surface area contributed by atoms with E-state index in [9.17, 15) is 19.8 Å². The predicted molar refractivity (Wildman–Crippen MR) is 287 cm³/mol. The van der Waals surface area contributed by atoms with E-state index in [4.69, 9.17) is 4.74 Å². The van der Waals surface area contributed by atoms with E-state index in [1.807, 2.05) is 0 Å². The largest absolute Gasteiger partial charge is 0.462 e. The average molecular weight is 927 g/mol. The number of amides is 1. The van der Waals surface area contributed by atoms with Crippen molar-refractivity contribution in [3.8, 4) is 0 Å². The molecule has 3 N–H and O–H groups in total. The standard InChI is InChI=1S/C60H111NO5/c1-4-7-10-13-16-19-22-25-27-29-31-33-35-38-41-44-47-50-53-60(65)66-56(51-48-45-42-39-36-34-32-30-28-26-23-20-17-14-11-8-5-2)54-59(64)61-57(55-62)58(63)52-49-46-43-40-37-24-21-18-15-12-9-6-3/h16,19,22,25,27,29,31,33,56-58,62-63H,4-15,17-18,20-21,23-24,26,28,30,32,34-55H2,1-3H3,(H,61,64)/b19-16+,25-22+,29-27+,33-31+. The summed E-state index contributed by atoms with van der Waals surface area (Å²) in [5, 5.41) is 23.8. The highest BCUT2D eigenvalue weighted by Gasteiger charge is 2.24. The van der Waals surface area contributed by atoms with E-state index >= 15 is 0 Å². The van der Waals surface area contributed by atoms with Crippen LogP contribution >= 0.6 is 0 Å². The Hall–Kier alpha value is -2.18. The quantitative estimate of drug-likeness (QED) is 0.0321. The van der Waals surface area contributed by atoms with E-state index in [1.165, 1.54) is 173 Å². The van der Waals surface area contributed by atoms with E-state index in [0.717, 1.165) is 77.0 Å². The third-order valence-corrected chi connectivity index (χ3v) is 13.3. The summed E-state index contributed by atoms with van der Waals surface area (Å²) in [6.07, 6.45) is 66.0. The average Bonchev–Trinajstić information content (AvgIpc) is 3.31. The van der Waals surface area contributed by atoms with Crippen LogP contribution in [0.15, 0.2) is 48.6 Å². The Morgan fingerprint density at radius 3 is 1.20 bits per heavy atom. The van der Waals surface area contributed by atoms with Crippen LogP contribution in [0.2, 0.25) is 0 Å². The van der Waals surface area contributed by atoms with Crippen molar-refractivity contribution < 1.29 is 24.5 Å². The molecule has 0 fully saturated rings. The lowest BCUT2D eigenvalue weighted by Gasteiger charge is -2.24. The molecule has 0 bridgehead atoms. The second kappa shape index (κ2) is 53.8. The molecule has 6 heteroatoms. The number of carbonyl (C=O) groups is 2. The van der Waals surface area contributed by atoms with Gasteiger partial charge in [-0.05, 0) is 51.4 Å². The van der Waals surface area contributed by atoms with Gasteiger partial charge in [-0.1, -0.05) is 281 Å². The van der Waals surface area contributed by atoms with Crippen molar-refractivity contribution in [3.05, 3.63) is 48.6 Å². The third kappa shape index (κ3) is 48.3. The molecule has 0 radical (unpaired) electrons. The van der Waals surface area contributed by atoms with Crippen molar-refractivity contribution in [1.29, 1.82) is 0 Å². The molecule has 0 aliphatic rings. The predicted octanol–water partition coefficient (Wildman–Crippen LogP) is 17.8. The molecule has 3 unspecified atom stereocenters. The van der Waals surface area contributed by atoms with Crippen molar-refractivity contribution in [3.63, 3.8) is 0 Å². The number of aliphatic hydroxyl groups excluding tert-OH is 2. The molecular weight excluding hydrogens is 815 g/mol. The maximum absolute atomic E-state index is 13.3. The number of hydrogen-bond donors (Lipinski definition) is 3. The number of esters is 1. The lowest BCUT2D eigenvalue weighted by molar-refractivity contribution is -0.151. The summed E-state index contributed by atoms with van der Waals surface area (Å²) in [6, 6.07) is -0.705. The van der Waals surface area contributed by atoms with Crippen molar-refractivity contribution in [2.24, 2.45) is 0 Å². The monoisotopic (exact) mass is 926 g/mol. The minimum Gasteiger partial charge on any atom is -0.462 e. The highest BCUT2D eigenvalue weighted by Crippen LogP contribution is 2.19. The molecule has 386 valence electrons. The first-order valence-corrected chi connectivity index (χ1v) is 28.9. The molecule has 3 atom stereocenters. The van der Waals surface area contributed by atoms with Crippen LogP contribution in [0.5, 0.6) is 0 Å². The number of ether oxygens (including phenoxy) is 1. The number of allylic oxidation sites excluding steroid dienone is 8. The third-order valence-electron chi connectivity index (χ3n) is 13.3. The number of carbonyl (C=O) groups excluding carboxylic acids is 2. The molecule has 66 heavy (non-hydrogen) atoms. The zero-order valence-corrected chi connectivity index (χ0v) is 44.1. The highest BCUT2D eigenvalue weighted by atomic mass is 16.5. The Kier molecular flexibility index (Phi) is 52.0. The van der Waals surface area contributed by atoms with Gasteiger partial charge in [-0.2, -0.15) is 0 Å². The Bertz CT molecular complexity index is 1130. The van der Waals surface area contributed by atoms with Crippen molar-refractivity contribution in [1.82, 2.24) is 5.32 Å². The molecule has 1 amide bonds. The molecule has 0 aromatic carbocycles. The van der Waals surface area contributed by atoms with Gasteiger partial charge in [0.05, 0.1) is 25.2 Å². The van der Waals surface area contributed by atoms with Gasteiger partial charge in [0.2, 0.25) is 5.91 Å². The second-order valence-corrected chi connectivity index (χ2v) is 19.8.